The van der Waals surface area contributed by atoms with Gasteiger partial charge in [0.2, 0.25) is 0 Å². The quantitative estimate of drug-likeness (QED) is 0.239. The van der Waals surface area contributed by atoms with Gasteiger partial charge in [0.05, 0.1) is 15.4 Å². The van der Waals surface area contributed by atoms with Gasteiger partial charge in [-0.25, -0.2) is 4.79 Å². The summed E-state index contributed by atoms with van der Waals surface area (Å²) in [6.07, 6.45) is 1.39. The van der Waals surface area contributed by atoms with E-state index in [1.807, 2.05) is 0 Å². The molecule has 162 valence electrons. The van der Waals surface area contributed by atoms with E-state index in [0.29, 0.717) is 42.7 Å². The number of nitro benzene ring substituents is 2. The number of aliphatic hydroxyl groups excluding tert-OH is 1. The van der Waals surface area contributed by atoms with Crippen LogP contribution in [-0.2, 0) is 12.8 Å². The van der Waals surface area contributed by atoms with Gasteiger partial charge in [-0.15, -0.1) is 0 Å². The number of hydrogen-bond acceptors (Lipinski definition) is 8. The second kappa shape index (κ2) is 11.8. The first kappa shape index (κ1) is 24.1. The van der Waals surface area contributed by atoms with Gasteiger partial charge in [-0.2, -0.15) is 0 Å². The van der Waals surface area contributed by atoms with Crippen LogP contribution in [0.15, 0.2) is 36.4 Å². The zero-order chi connectivity index (χ0) is 22.7. The molecule has 2 rings (SSSR count). The van der Waals surface area contributed by atoms with Crippen molar-refractivity contribution < 1.29 is 19.7 Å². The average molecular weight is 420 g/mol. The fourth-order valence-corrected chi connectivity index (χ4v) is 2.54. The molecule has 0 aliphatic heterocycles. The molecular formula is C18H24N6O6. The number of hydrogen-bond donors (Lipinski definition) is 5. The Hall–Kier alpha value is -3.93. The van der Waals surface area contributed by atoms with Crippen LogP contribution in [0.1, 0.15) is 17.5 Å². The minimum atomic E-state index is -0.611. The Kier molecular flexibility index (Phi) is 9.49. The third kappa shape index (κ3) is 7.59. The van der Waals surface area contributed by atoms with Gasteiger partial charge in [0.15, 0.2) is 0 Å². The second-order valence-electron chi connectivity index (χ2n) is 6.11. The molecule has 0 spiro atoms. The number of carbonyl (C=O) groups excluding carboxylic acids is 1. The van der Waals surface area contributed by atoms with Crippen molar-refractivity contribution >= 4 is 28.8 Å². The van der Waals surface area contributed by atoms with Crippen LogP contribution < -0.4 is 22.5 Å². The standard InChI is InChI=1S/C9H12N4O3.C9H12N2O3/c10-8-5-7(13(15)16)2-1-6(8)3-4-12-9(11)14;10-8-4-1-5-9(11(13)14)7(8)3-2-6-12/h1-2,5H,3-4,10H2,(H3,11,12,14);1,4-5,12H,2-3,6,10H2. The van der Waals surface area contributed by atoms with Gasteiger partial charge >= 0.3 is 6.03 Å². The molecule has 12 nitrogen and oxygen atoms in total. The van der Waals surface area contributed by atoms with E-state index in [0.717, 1.165) is 5.56 Å². The number of nitro groups is 2. The molecule has 0 bridgehead atoms. The third-order valence-corrected chi connectivity index (χ3v) is 4.00. The van der Waals surface area contributed by atoms with E-state index >= 15 is 0 Å². The molecule has 0 fully saturated rings. The third-order valence-electron chi connectivity index (χ3n) is 4.00. The van der Waals surface area contributed by atoms with Crippen molar-refractivity contribution in [2.24, 2.45) is 5.73 Å². The first-order valence-corrected chi connectivity index (χ1v) is 8.86. The van der Waals surface area contributed by atoms with Gasteiger partial charge in [-0.05, 0) is 30.9 Å². The minimum Gasteiger partial charge on any atom is -0.398 e. The maximum absolute atomic E-state index is 10.6. The number of nitrogen functional groups attached to an aromatic ring is 2. The molecule has 0 radical (unpaired) electrons. The lowest BCUT2D eigenvalue weighted by Gasteiger charge is -2.05. The van der Waals surface area contributed by atoms with Crippen LogP contribution in [0.5, 0.6) is 0 Å². The maximum Gasteiger partial charge on any atom is 0.312 e. The lowest BCUT2D eigenvalue weighted by atomic mass is 10.1. The first-order valence-electron chi connectivity index (χ1n) is 8.86. The van der Waals surface area contributed by atoms with Crippen molar-refractivity contribution in [1.82, 2.24) is 5.32 Å². The summed E-state index contributed by atoms with van der Waals surface area (Å²) in [5.41, 5.74) is 18.1. The number of rotatable bonds is 8. The van der Waals surface area contributed by atoms with E-state index in [1.165, 1.54) is 18.2 Å². The van der Waals surface area contributed by atoms with Crippen molar-refractivity contribution in [3.8, 4) is 0 Å². The van der Waals surface area contributed by atoms with Gasteiger partial charge in [-0.1, -0.05) is 12.1 Å². The van der Waals surface area contributed by atoms with E-state index in [1.54, 1.807) is 18.2 Å². The number of anilines is 2. The Morgan fingerprint density at radius 1 is 1.03 bits per heavy atom. The zero-order valence-electron chi connectivity index (χ0n) is 16.1. The minimum absolute atomic E-state index is 0.00545. The lowest BCUT2D eigenvalue weighted by molar-refractivity contribution is -0.385. The summed E-state index contributed by atoms with van der Waals surface area (Å²) in [5, 5.41) is 32.1. The Balaban J connectivity index is 0.000000303. The summed E-state index contributed by atoms with van der Waals surface area (Å²) in [5.74, 6) is 0. The van der Waals surface area contributed by atoms with Crippen molar-refractivity contribution in [3.05, 3.63) is 67.8 Å². The predicted octanol–water partition coefficient (Wildman–Crippen LogP) is 1.49. The summed E-state index contributed by atoms with van der Waals surface area (Å²) in [6.45, 7) is 0.350. The highest BCUT2D eigenvalue weighted by Crippen LogP contribution is 2.25. The van der Waals surface area contributed by atoms with E-state index in [4.69, 9.17) is 22.3 Å². The van der Waals surface area contributed by atoms with Gasteiger partial charge < -0.3 is 27.6 Å². The van der Waals surface area contributed by atoms with Crippen LogP contribution in [0.4, 0.5) is 27.5 Å². The monoisotopic (exact) mass is 420 g/mol. The SMILES string of the molecule is NC(=O)NCCc1ccc([N+](=O)[O-])cc1N.Nc1cccc([N+](=O)[O-])c1CCCO. The van der Waals surface area contributed by atoms with Crippen LogP contribution in [0.25, 0.3) is 0 Å². The molecule has 8 N–H and O–H groups in total. The highest BCUT2D eigenvalue weighted by molar-refractivity contribution is 5.71. The number of carbonyl (C=O) groups is 1. The topological polar surface area (TPSA) is 214 Å². The normalized spacial score (nSPS) is 9.90. The molecule has 2 amide bonds. The average Bonchev–Trinajstić information content (AvgIpc) is 2.68. The molecule has 0 saturated carbocycles. The van der Waals surface area contributed by atoms with Gasteiger partial charge in [0.25, 0.3) is 11.4 Å². The van der Waals surface area contributed by atoms with E-state index in [-0.39, 0.29) is 18.0 Å². The molecule has 0 unspecified atom stereocenters. The maximum atomic E-state index is 10.6. The number of primary amides is 1. The van der Waals surface area contributed by atoms with Gasteiger partial charge in [-0.3, -0.25) is 20.2 Å². The molecule has 0 aliphatic carbocycles. The Bertz CT molecular complexity index is 905. The summed E-state index contributed by atoms with van der Waals surface area (Å²) in [4.78, 5) is 30.5. The molecule has 0 atom stereocenters. The Morgan fingerprint density at radius 3 is 2.27 bits per heavy atom. The van der Waals surface area contributed by atoms with Gasteiger partial charge in [0.1, 0.15) is 0 Å². The number of amides is 2. The number of urea groups is 1. The number of nitrogens with two attached hydrogens (primary N) is 3. The fourth-order valence-electron chi connectivity index (χ4n) is 2.54. The summed E-state index contributed by atoms with van der Waals surface area (Å²) in [7, 11) is 0. The van der Waals surface area contributed by atoms with Crippen molar-refractivity contribution in [1.29, 1.82) is 0 Å². The van der Waals surface area contributed by atoms with Crippen molar-refractivity contribution in [3.63, 3.8) is 0 Å². The van der Waals surface area contributed by atoms with E-state index in [2.05, 4.69) is 5.32 Å². The van der Waals surface area contributed by atoms with E-state index < -0.39 is 15.9 Å². The number of nitrogens with zero attached hydrogens (tertiary/aromatic N) is 2. The van der Waals surface area contributed by atoms with Gasteiger partial charge in [0, 0.05) is 42.7 Å². The molecule has 2 aromatic rings. The molecule has 0 heterocycles. The number of aliphatic hydroxyl groups is 1. The molecule has 0 saturated heterocycles. The number of nitrogens with one attached hydrogen (secondary N) is 1. The zero-order valence-corrected chi connectivity index (χ0v) is 16.1. The second-order valence-corrected chi connectivity index (χ2v) is 6.11. The molecule has 2 aromatic carbocycles. The van der Waals surface area contributed by atoms with Crippen LogP contribution in [0.3, 0.4) is 0 Å². The summed E-state index contributed by atoms with van der Waals surface area (Å²) in [6, 6.07) is 8.21. The highest BCUT2D eigenvalue weighted by Gasteiger charge is 2.15. The molecule has 0 aromatic heterocycles. The summed E-state index contributed by atoms with van der Waals surface area (Å²) < 4.78 is 0. The smallest absolute Gasteiger partial charge is 0.312 e. The van der Waals surface area contributed by atoms with Crippen LogP contribution in [-0.4, -0.2) is 34.1 Å². The summed E-state index contributed by atoms with van der Waals surface area (Å²) >= 11 is 0. The number of non-ortho nitro benzene ring substituents is 1. The van der Waals surface area contributed by atoms with Crippen LogP contribution in [0, 0.1) is 20.2 Å². The van der Waals surface area contributed by atoms with E-state index in [9.17, 15) is 25.0 Å². The predicted molar refractivity (Wildman–Crippen MR) is 112 cm³/mol. The number of benzene rings is 2. The molecular weight excluding hydrogens is 396 g/mol. The molecule has 30 heavy (non-hydrogen) atoms. The van der Waals surface area contributed by atoms with Crippen molar-refractivity contribution in [2.45, 2.75) is 19.3 Å². The first-order chi connectivity index (χ1) is 14.2. The molecule has 0 aliphatic rings. The van der Waals surface area contributed by atoms with Crippen LogP contribution in [0.2, 0.25) is 0 Å². The highest BCUT2D eigenvalue weighted by atomic mass is 16.6. The largest absolute Gasteiger partial charge is 0.398 e. The fraction of sp³-hybridized carbons (Fsp3) is 0.278. The lowest BCUT2D eigenvalue weighted by Crippen LogP contribution is -2.31. The Morgan fingerprint density at radius 2 is 1.73 bits per heavy atom. The molecule has 12 heteroatoms. The van der Waals surface area contributed by atoms with Crippen molar-refractivity contribution in [2.75, 3.05) is 24.6 Å². The van der Waals surface area contributed by atoms with Crippen LogP contribution >= 0.6 is 0 Å². The Labute approximate surface area is 172 Å².